The van der Waals surface area contributed by atoms with Crippen LogP contribution in [0, 0.1) is 0 Å². The molecular formula is C8H19BO7. The first-order chi connectivity index (χ1) is 7.31. The molecule has 0 radical (unpaired) electrons. The molecule has 0 aliphatic carbocycles. The Hall–Kier alpha value is -0.215. The average molecular weight is 238 g/mol. The van der Waals surface area contributed by atoms with E-state index >= 15 is 0 Å². The van der Waals surface area contributed by atoms with Crippen molar-refractivity contribution in [2.24, 2.45) is 0 Å². The van der Waals surface area contributed by atoms with Gasteiger partial charge in [-0.05, 0) is 6.92 Å². The summed E-state index contributed by atoms with van der Waals surface area (Å²) in [4.78, 5) is 0. The van der Waals surface area contributed by atoms with Crippen LogP contribution in [0.1, 0.15) is 6.92 Å². The zero-order valence-electron chi connectivity index (χ0n) is 9.32. The maximum absolute atomic E-state index is 9.52. The van der Waals surface area contributed by atoms with Crippen molar-refractivity contribution in [2.45, 2.75) is 36.9 Å². The highest BCUT2D eigenvalue weighted by atomic mass is 16.5. The van der Waals surface area contributed by atoms with Gasteiger partial charge in [0.25, 0.3) is 8.05 Å². The van der Waals surface area contributed by atoms with E-state index in [0.29, 0.717) is 0 Å². The van der Waals surface area contributed by atoms with E-state index in [2.05, 4.69) is 4.65 Å². The summed E-state index contributed by atoms with van der Waals surface area (Å²) in [7, 11) is 1.22. The van der Waals surface area contributed by atoms with Gasteiger partial charge in [-0.15, -0.1) is 0 Å². The van der Waals surface area contributed by atoms with E-state index in [-0.39, 0.29) is 0 Å². The van der Waals surface area contributed by atoms with Gasteiger partial charge in [0.15, 0.2) is 0 Å². The van der Waals surface area contributed by atoms with Gasteiger partial charge in [-0.25, -0.2) is 0 Å². The number of rotatable bonds is 7. The molecule has 0 amide bonds. The van der Waals surface area contributed by atoms with Gasteiger partial charge in [-0.1, -0.05) is 0 Å². The van der Waals surface area contributed by atoms with Crippen LogP contribution in [0.3, 0.4) is 0 Å². The molecule has 0 spiro atoms. The van der Waals surface area contributed by atoms with Crippen LogP contribution in [0.2, 0.25) is 0 Å². The molecule has 5 unspecified atom stereocenters. The van der Waals surface area contributed by atoms with Gasteiger partial charge in [0.1, 0.15) is 23.9 Å². The highest BCUT2D eigenvalue weighted by Gasteiger charge is 2.40. The van der Waals surface area contributed by atoms with Gasteiger partial charge in [-0.2, -0.15) is 0 Å². The third kappa shape index (κ3) is 3.67. The maximum atomic E-state index is 9.52. The quantitative estimate of drug-likeness (QED) is 0.247. The fraction of sp³-hybridized carbons (Fsp3) is 1.00. The second-order valence-corrected chi connectivity index (χ2v) is 3.90. The van der Waals surface area contributed by atoms with E-state index in [1.807, 2.05) is 0 Å². The van der Waals surface area contributed by atoms with Crippen LogP contribution in [0.25, 0.3) is 0 Å². The summed E-state index contributed by atoms with van der Waals surface area (Å²) in [6, 6.07) is 0. The second kappa shape index (κ2) is 6.50. The molecule has 0 aromatic rings. The first kappa shape index (κ1) is 15.8. The summed E-state index contributed by atoms with van der Waals surface area (Å²) < 4.78 is 4.66. The maximum Gasteiger partial charge on any atom is 0.257 e. The Kier molecular flexibility index (Phi) is 6.42. The third-order valence-electron chi connectivity index (χ3n) is 2.49. The fourth-order valence-corrected chi connectivity index (χ4v) is 1.19. The molecule has 6 N–H and O–H groups in total. The highest BCUT2D eigenvalue weighted by molar-refractivity contribution is 5.98. The molecule has 0 aromatic heterocycles. The van der Waals surface area contributed by atoms with Crippen LogP contribution < -0.4 is 0 Å². The lowest BCUT2D eigenvalue weighted by molar-refractivity contribution is -0.174. The van der Waals surface area contributed by atoms with Crippen molar-refractivity contribution in [1.82, 2.24) is 0 Å². The van der Waals surface area contributed by atoms with Crippen molar-refractivity contribution >= 4 is 8.05 Å². The Morgan fingerprint density at radius 1 is 1.19 bits per heavy atom. The average Bonchev–Trinajstić information content (AvgIpc) is 2.28. The molecule has 96 valence electrons. The number of hydrogen-bond donors (Lipinski definition) is 6. The Balaban J connectivity index is 4.59. The molecule has 0 rings (SSSR count). The van der Waals surface area contributed by atoms with Gasteiger partial charge >= 0.3 is 0 Å². The fourth-order valence-electron chi connectivity index (χ4n) is 1.19. The lowest BCUT2D eigenvalue weighted by Crippen LogP contribution is -2.56. The number of aliphatic hydroxyl groups excluding tert-OH is 5. The molecule has 8 heteroatoms. The number of aliphatic hydroxyl groups is 6. The Bertz CT molecular complexity index is 197. The summed E-state index contributed by atoms with van der Waals surface area (Å²) in [6.45, 7) is -0.230. The summed E-state index contributed by atoms with van der Waals surface area (Å²) in [5.74, 6) is 0. The molecule has 0 saturated heterocycles. The predicted octanol–water partition coefficient (Wildman–Crippen LogP) is -4.26. The van der Waals surface area contributed by atoms with Crippen LogP contribution in [-0.2, 0) is 4.65 Å². The Morgan fingerprint density at radius 3 is 2.00 bits per heavy atom. The van der Waals surface area contributed by atoms with Gasteiger partial charge in [0, 0.05) is 0 Å². The molecule has 0 aliphatic rings. The summed E-state index contributed by atoms with van der Waals surface area (Å²) in [6.07, 6.45) is -6.18. The van der Waals surface area contributed by atoms with Crippen molar-refractivity contribution in [1.29, 1.82) is 0 Å². The van der Waals surface area contributed by atoms with Crippen molar-refractivity contribution in [3.05, 3.63) is 0 Å². The zero-order chi connectivity index (χ0) is 12.9. The molecule has 0 aromatic carbocycles. The van der Waals surface area contributed by atoms with Crippen molar-refractivity contribution < 1.29 is 35.3 Å². The molecule has 0 fully saturated rings. The molecule has 0 bridgehead atoms. The van der Waals surface area contributed by atoms with E-state index in [1.165, 1.54) is 8.05 Å². The van der Waals surface area contributed by atoms with E-state index in [4.69, 9.17) is 10.2 Å². The van der Waals surface area contributed by atoms with E-state index in [1.54, 1.807) is 0 Å². The topological polar surface area (TPSA) is 131 Å². The molecule has 16 heavy (non-hydrogen) atoms. The van der Waals surface area contributed by atoms with Gasteiger partial charge < -0.3 is 35.3 Å². The molecule has 7 nitrogen and oxygen atoms in total. The smallest absolute Gasteiger partial charge is 0.257 e. The number of hydrogen-bond acceptors (Lipinski definition) is 7. The highest BCUT2D eigenvalue weighted by Crippen LogP contribution is 2.17. The molecule has 5 atom stereocenters. The van der Waals surface area contributed by atoms with Gasteiger partial charge in [0.05, 0.1) is 19.3 Å². The lowest BCUT2D eigenvalue weighted by atomic mass is 9.91. The van der Waals surface area contributed by atoms with Crippen LogP contribution in [-0.4, -0.2) is 81.9 Å². The minimum atomic E-state index is -1.95. The van der Waals surface area contributed by atoms with E-state index < -0.39 is 43.2 Å². The van der Waals surface area contributed by atoms with Gasteiger partial charge in [0.2, 0.25) is 0 Å². The second-order valence-electron chi connectivity index (χ2n) is 3.90. The van der Waals surface area contributed by atoms with E-state index in [0.717, 1.165) is 6.92 Å². The molecule has 0 heterocycles. The SMILES string of the molecule is BOC(CO)C(O)C(O)C(O)C(C)(O)CO. The third-order valence-corrected chi connectivity index (χ3v) is 2.49. The Morgan fingerprint density at radius 2 is 1.69 bits per heavy atom. The van der Waals surface area contributed by atoms with Crippen LogP contribution in [0.15, 0.2) is 0 Å². The summed E-state index contributed by atoms with van der Waals surface area (Å²) in [5, 5.41) is 55.6. The van der Waals surface area contributed by atoms with Crippen molar-refractivity contribution in [2.75, 3.05) is 13.2 Å². The first-order valence-electron chi connectivity index (χ1n) is 4.83. The van der Waals surface area contributed by atoms with Crippen LogP contribution in [0.5, 0.6) is 0 Å². The largest absolute Gasteiger partial charge is 0.436 e. The lowest BCUT2D eigenvalue weighted by Gasteiger charge is -2.34. The summed E-state index contributed by atoms with van der Waals surface area (Å²) >= 11 is 0. The monoisotopic (exact) mass is 238 g/mol. The normalized spacial score (nSPS) is 23.2. The van der Waals surface area contributed by atoms with Crippen LogP contribution >= 0.6 is 0 Å². The van der Waals surface area contributed by atoms with Crippen molar-refractivity contribution in [3.63, 3.8) is 0 Å². The first-order valence-corrected chi connectivity index (χ1v) is 4.83. The van der Waals surface area contributed by atoms with Crippen LogP contribution in [0.4, 0.5) is 0 Å². The molecular weight excluding hydrogens is 219 g/mol. The minimum Gasteiger partial charge on any atom is -0.436 e. The van der Waals surface area contributed by atoms with Gasteiger partial charge in [-0.3, -0.25) is 0 Å². The zero-order valence-corrected chi connectivity index (χ0v) is 9.32. The van der Waals surface area contributed by atoms with E-state index in [9.17, 15) is 20.4 Å². The predicted molar refractivity (Wildman–Crippen MR) is 56.2 cm³/mol. The molecule has 0 aliphatic heterocycles. The standard InChI is InChI=1S/C8H19BO7/c1-8(15,3-11)7(14)6(13)5(12)4(2-10)16-9/h4-7,10-15H,2-3,9H2,1H3. The van der Waals surface area contributed by atoms with Crippen molar-refractivity contribution in [3.8, 4) is 0 Å². The minimum absolute atomic E-state index is 0.553. The molecule has 0 saturated carbocycles. The Labute approximate surface area is 94.4 Å². The summed E-state index contributed by atoms with van der Waals surface area (Å²) in [5.41, 5.74) is -1.95.